The maximum atomic E-state index is 9.85. The van der Waals surface area contributed by atoms with E-state index in [4.69, 9.17) is 4.74 Å². The number of benzene rings is 2. The van der Waals surface area contributed by atoms with Crippen LogP contribution in [0.25, 0.3) is 21.1 Å². The lowest BCUT2D eigenvalue weighted by Gasteiger charge is -2.26. The number of aliphatic hydroxyl groups is 1. The Bertz CT molecular complexity index is 1200. The molecule has 31 heavy (non-hydrogen) atoms. The van der Waals surface area contributed by atoms with Crippen molar-refractivity contribution in [2.75, 3.05) is 32.6 Å². The fourth-order valence-corrected chi connectivity index (χ4v) is 4.64. The molecule has 2 aromatic heterocycles. The van der Waals surface area contributed by atoms with Crippen molar-refractivity contribution in [3.8, 4) is 5.75 Å². The Morgan fingerprint density at radius 3 is 2.77 bits per heavy atom. The quantitative estimate of drug-likeness (QED) is 0.362. The van der Waals surface area contributed by atoms with E-state index in [1.165, 1.54) is 6.33 Å². The van der Waals surface area contributed by atoms with Crippen molar-refractivity contribution < 1.29 is 9.84 Å². The Morgan fingerprint density at radius 2 is 2.00 bits per heavy atom. The van der Waals surface area contributed by atoms with E-state index in [9.17, 15) is 5.11 Å². The van der Waals surface area contributed by atoms with Crippen LogP contribution in [0.4, 0.5) is 11.5 Å². The summed E-state index contributed by atoms with van der Waals surface area (Å²) >= 11 is 5.15. The molecule has 2 N–H and O–H groups in total. The summed E-state index contributed by atoms with van der Waals surface area (Å²) in [6, 6.07) is 9.89. The summed E-state index contributed by atoms with van der Waals surface area (Å²) in [5.74, 6) is 1.30. The highest BCUT2D eigenvalue weighted by atomic mass is 79.9. The van der Waals surface area contributed by atoms with Gasteiger partial charge in [0.25, 0.3) is 0 Å². The Balaban J connectivity index is 1.71. The average molecular weight is 502 g/mol. The van der Waals surface area contributed by atoms with Crippen molar-refractivity contribution in [1.29, 1.82) is 0 Å². The number of halogens is 1. The first kappa shape index (κ1) is 21.9. The summed E-state index contributed by atoms with van der Waals surface area (Å²) in [6.45, 7) is 2.74. The SMILES string of the molecule is C[C@@H](Oc1cc(Br)cc2ncnc(Nc3ccc4ncsc4c3)c12)C(CO)CN(C)C. The standard InChI is InChI=1S/C22H24BrN5O2S/c1-13(14(10-29)9-28(2)3)30-19-7-15(23)6-18-21(19)22(25-11-24-18)27-16-4-5-17-20(8-16)31-12-26-17/h4-8,11-14,29H,9-10H2,1-3H3,(H,24,25,27)/t13-,14?/m1/s1. The van der Waals surface area contributed by atoms with E-state index in [0.717, 1.165) is 37.8 Å². The maximum absolute atomic E-state index is 9.85. The second kappa shape index (κ2) is 9.44. The largest absolute Gasteiger partial charge is 0.489 e. The van der Waals surface area contributed by atoms with Crippen LogP contribution in [0.1, 0.15) is 6.92 Å². The van der Waals surface area contributed by atoms with Gasteiger partial charge in [0.05, 0.1) is 33.2 Å². The molecule has 0 aliphatic rings. The lowest BCUT2D eigenvalue weighted by atomic mass is 10.0. The molecule has 4 aromatic rings. The number of aromatic nitrogens is 3. The molecular weight excluding hydrogens is 478 g/mol. The highest BCUT2D eigenvalue weighted by Gasteiger charge is 2.21. The van der Waals surface area contributed by atoms with Gasteiger partial charge >= 0.3 is 0 Å². The van der Waals surface area contributed by atoms with Crippen LogP contribution in [0.15, 0.2) is 46.6 Å². The van der Waals surface area contributed by atoms with Crippen LogP contribution >= 0.6 is 27.3 Å². The number of rotatable bonds is 8. The molecule has 2 atom stereocenters. The van der Waals surface area contributed by atoms with E-state index in [-0.39, 0.29) is 18.6 Å². The molecule has 0 radical (unpaired) electrons. The Morgan fingerprint density at radius 1 is 1.16 bits per heavy atom. The van der Waals surface area contributed by atoms with E-state index >= 15 is 0 Å². The van der Waals surface area contributed by atoms with Gasteiger partial charge in [0.1, 0.15) is 24.0 Å². The highest BCUT2D eigenvalue weighted by molar-refractivity contribution is 9.10. The number of hydrogen-bond acceptors (Lipinski definition) is 8. The molecule has 2 heterocycles. The number of fused-ring (bicyclic) bond motifs is 2. The number of thiazole rings is 1. The summed E-state index contributed by atoms with van der Waals surface area (Å²) in [4.78, 5) is 15.3. The van der Waals surface area contributed by atoms with Crippen LogP contribution < -0.4 is 10.1 Å². The molecule has 0 fully saturated rings. The summed E-state index contributed by atoms with van der Waals surface area (Å²) in [6.07, 6.45) is 1.34. The van der Waals surface area contributed by atoms with Crippen molar-refractivity contribution in [3.63, 3.8) is 0 Å². The molecule has 0 spiro atoms. The van der Waals surface area contributed by atoms with Gasteiger partial charge in [-0.25, -0.2) is 15.0 Å². The molecule has 0 aliphatic carbocycles. The predicted octanol–water partition coefficient (Wildman–Crippen LogP) is 4.68. The minimum absolute atomic E-state index is 0.0289. The van der Waals surface area contributed by atoms with Crippen molar-refractivity contribution >= 4 is 59.9 Å². The summed E-state index contributed by atoms with van der Waals surface area (Å²) < 4.78 is 8.32. The number of anilines is 2. The molecular formula is C22H24BrN5O2S. The highest BCUT2D eigenvalue weighted by Crippen LogP contribution is 2.36. The van der Waals surface area contributed by atoms with E-state index in [0.29, 0.717) is 11.6 Å². The second-order valence-corrected chi connectivity index (χ2v) is 9.51. The molecule has 0 amide bonds. The van der Waals surface area contributed by atoms with Gasteiger partial charge in [0, 0.05) is 22.6 Å². The number of hydrogen-bond donors (Lipinski definition) is 2. The normalized spacial score (nSPS) is 13.6. The first-order chi connectivity index (χ1) is 14.9. The fourth-order valence-electron chi connectivity index (χ4n) is 3.50. The summed E-state index contributed by atoms with van der Waals surface area (Å²) in [5, 5.41) is 14.1. The Labute approximate surface area is 193 Å². The van der Waals surface area contributed by atoms with Crippen LogP contribution in [-0.2, 0) is 0 Å². The van der Waals surface area contributed by atoms with Crippen LogP contribution in [-0.4, -0.2) is 58.3 Å². The van der Waals surface area contributed by atoms with Gasteiger partial charge in [0.2, 0.25) is 0 Å². The smallest absolute Gasteiger partial charge is 0.145 e. The first-order valence-electron chi connectivity index (χ1n) is 9.91. The minimum atomic E-state index is -0.202. The maximum Gasteiger partial charge on any atom is 0.145 e. The molecule has 0 bridgehead atoms. The van der Waals surface area contributed by atoms with Gasteiger partial charge in [-0.05, 0) is 51.4 Å². The molecule has 162 valence electrons. The third-order valence-corrected chi connectivity index (χ3v) is 6.32. The zero-order valence-corrected chi connectivity index (χ0v) is 19.9. The van der Waals surface area contributed by atoms with Gasteiger partial charge in [-0.3, -0.25) is 0 Å². The molecule has 2 aromatic carbocycles. The van der Waals surface area contributed by atoms with Gasteiger partial charge < -0.3 is 20.1 Å². The molecule has 9 heteroatoms. The van der Waals surface area contributed by atoms with Crippen LogP contribution in [0.2, 0.25) is 0 Å². The third-order valence-electron chi connectivity index (χ3n) is 5.07. The third kappa shape index (κ3) is 4.95. The summed E-state index contributed by atoms with van der Waals surface area (Å²) in [5.41, 5.74) is 4.49. The van der Waals surface area contributed by atoms with Crippen LogP contribution in [0.3, 0.4) is 0 Å². The number of nitrogens with zero attached hydrogens (tertiary/aromatic N) is 4. The van der Waals surface area contributed by atoms with E-state index in [1.54, 1.807) is 11.3 Å². The lowest BCUT2D eigenvalue weighted by molar-refractivity contribution is 0.0818. The first-order valence-corrected chi connectivity index (χ1v) is 11.6. The second-order valence-electron chi connectivity index (χ2n) is 7.71. The van der Waals surface area contributed by atoms with Gasteiger partial charge in [-0.15, -0.1) is 11.3 Å². The van der Waals surface area contributed by atoms with E-state index in [2.05, 4.69) is 42.3 Å². The molecule has 0 saturated heterocycles. The van der Waals surface area contributed by atoms with Crippen molar-refractivity contribution in [2.24, 2.45) is 5.92 Å². The zero-order chi connectivity index (χ0) is 22.0. The number of nitrogens with one attached hydrogen (secondary N) is 1. The van der Waals surface area contributed by atoms with Gasteiger partial charge in [-0.1, -0.05) is 15.9 Å². The lowest BCUT2D eigenvalue weighted by Crippen LogP contribution is -2.35. The van der Waals surface area contributed by atoms with E-state index < -0.39 is 0 Å². The Hall–Kier alpha value is -2.33. The van der Waals surface area contributed by atoms with Crippen molar-refractivity contribution in [1.82, 2.24) is 19.9 Å². The summed E-state index contributed by atoms with van der Waals surface area (Å²) in [7, 11) is 3.97. The zero-order valence-electron chi connectivity index (χ0n) is 17.5. The molecule has 7 nitrogen and oxygen atoms in total. The number of ether oxygens (including phenoxy) is 1. The molecule has 4 rings (SSSR count). The van der Waals surface area contributed by atoms with Crippen molar-refractivity contribution in [2.45, 2.75) is 13.0 Å². The Kier molecular flexibility index (Phi) is 6.66. The van der Waals surface area contributed by atoms with Crippen LogP contribution in [0.5, 0.6) is 5.75 Å². The van der Waals surface area contributed by atoms with Crippen LogP contribution in [0, 0.1) is 5.92 Å². The minimum Gasteiger partial charge on any atom is -0.489 e. The number of aliphatic hydroxyl groups excluding tert-OH is 1. The topological polar surface area (TPSA) is 83.4 Å². The fraction of sp³-hybridized carbons (Fsp3) is 0.318. The molecule has 0 aliphatic heterocycles. The monoisotopic (exact) mass is 501 g/mol. The average Bonchev–Trinajstić information content (AvgIpc) is 3.19. The van der Waals surface area contributed by atoms with Gasteiger partial charge in [-0.2, -0.15) is 0 Å². The van der Waals surface area contributed by atoms with E-state index in [1.807, 2.05) is 55.7 Å². The van der Waals surface area contributed by atoms with Crippen molar-refractivity contribution in [3.05, 3.63) is 46.6 Å². The molecule has 1 unspecified atom stereocenters. The van der Waals surface area contributed by atoms with Gasteiger partial charge in [0.15, 0.2) is 0 Å². The predicted molar refractivity (Wildman–Crippen MR) is 129 cm³/mol. The molecule has 0 saturated carbocycles.